The van der Waals surface area contributed by atoms with Crippen LogP contribution in [0.2, 0.25) is 0 Å². The second-order valence-electron chi connectivity index (χ2n) is 3.82. The number of thiocarbonyl (C=S) groups is 1. The van der Waals surface area contributed by atoms with Crippen LogP contribution in [-0.4, -0.2) is 34.5 Å². The van der Waals surface area contributed by atoms with Crippen LogP contribution in [0, 0.1) is 12.8 Å². The normalized spacial score (nSPS) is 12.2. The molecule has 5 nitrogen and oxygen atoms in total. The second-order valence-corrected chi connectivity index (χ2v) is 4.29. The van der Waals surface area contributed by atoms with E-state index < -0.39 is 0 Å². The predicted octanol–water partition coefficient (Wildman–Crippen LogP) is 0.977. The summed E-state index contributed by atoms with van der Waals surface area (Å²) in [6.07, 6.45) is 0. The highest BCUT2D eigenvalue weighted by Crippen LogP contribution is 2.07. The summed E-state index contributed by atoms with van der Waals surface area (Å²) in [6.45, 7) is 4.10. The van der Waals surface area contributed by atoms with Crippen molar-refractivity contribution in [2.75, 3.05) is 13.6 Å². The fraction of sp³-hybridized carbons (Fsp3) is 0.500. The zero-order chi connectivity index (χ0) is 12.3. The standard InChI is InChI=1S/C10H15N3O2S/c1-6(9(11)16)5-13(3)10(14)8-4-7(2)12-15-8/h4,6H,5H2,1-3H3,(H2,11,16). The van der Waals surface area contributed by atoms with E-state index in [1.54, 1.807) is 20.0 Å². The van der Waals surface area contributed by atoms with E-state index in [0.29, 0.717) is 17.2 Å². The molecule has 0 fully saturated rings. The maximum atomic E-state index is 11.8. The minimum Gasteiger partial charge on any atom is -0.393 e. The quantitative estimate of drug-likeness (QED) is 0.795. The molecule has 1 aromatic heterocycles. The molecule has 0 bridgehead atoms. The van der Waals surface area contributed by atoms with Crippen LogP contribution >= 0.6 is 12.2 Å². The lowest BCUT2D eigenvalue weighted by Gasteiger charge is -2.19. The molecule has 6 heteroatoms. The first-order valence-corrected chi connectivity index (χ1v) is 5.30. The lowest BCUT2D eigenvalue weighted by atomic mass is 10.1. The van der Waals surface area contributed by atoms with Crippen molar-refractivity contribution in [3.63, 3.8) is 0 Å². The fourth-order valence-corrected chi connectivity index (χ4v) is 1.31. The van der Waals surface area contributed by atoms with Crippen LogP contribution in [0.4, 0.5) is 0 Å². The van der Waals surface area contributed by atoms with Crippen molar-refractivity contribution in [2.45, 2.75) is 13.8 Å². The highest BCUT2D eigenvalue weighted by atomic mass is 32.1. The van der Waals surface area contributed by atoms with E-state index in [1.807, 2.05) is 6.92 Å². The van der Waals surface area contributed by atoms with E-state index in [1.165, 1.54) is 4.90 Å². The van der Waals surface area contributed by atoms with Gasteiger partial charge in [0.2, 0.25) is 5.76 Å². The lowest BCUT2D eigenvalue weighted by Crippen LogP contribution is -2.35. The Balaban J connectivity index is 2.64. The monoisotopic (exact) mass is 241 g/mol. The predicted molar refractivity (Wildman–Crippen MR) is 64.1 cm³/mol. The first kappa shape index (κ1) is 12.6. The number of carbonyl (C=O) groups is 1. The molecule has 2 N–H and O–H groups in total. The third-order valence-corrected chi connectivity index (χ3v) is 2.62. The Bertz CT molecular complexity index is 403. The Morgan fingerprint density at radius 3 is 2.81 bits per heavy atom. The SMILES string of the molecule is Cc1cc(C(=O)N(C)CC(C)C(N)=S)on1. The molecule has 0 aliphatic carbocycles. The molecule has 0 spiro atoms. The third kappa shape index (κ3) is 3.03. The van der Waals surface area contributed by atoms with Gasteiger partial charge in [-0.3, -0.25) is 4.79 Å². The minimum absolute atomic E-state index is 0.0204. The van der Waals surface area contributed by atoms with Gasteiger partial charge in [-0.1, -0.05) is 24.3 Å². The van der Waals surface area contributed by atoms with Crippen molar-refractivity contribution >= 4 is 23.1 Å². The molecule has 1 rings (SSSR count). The van der Waals surface area contributed by atoms with E-state index in [0.717, 1.165) is 0 Å². The summed E-state index contributed by atoms with van der Waals surface area (Å²) in [5.74, 6) is -0.00759. The molecule has 0 aliphatic heterocycles. The third-order valence-electron chi connectivity index (χ3n) is 2.22. The second kappa shape index (κ2) is 5.07. The first-order valence-electron chi connectivity index (χ1n) is 4.90. The molecule has 1 aromatic rings. The molecular formula is C10H15N3O2S. The molecule has 1 amide bonds. The Morgan fingerprint density at radius 2 is 2.38 bits per heavy atom. The van der Waals surface area contributed by atoms with Crippen LogP contribution < -0.4 is 5.73 Å². The van der Waals surface area contributed by atoms with Crippen molar-refractivity contribution in [1.82, 2.24) is 10.1 Å². The summed E-state index contributed by atoms with van der Waals surface area (Å²) >= 11 is 4.85. The van der Waals surface area contributed by atoms with E-state index in [4.69, 9.17) is 22.5 Å². The Kier molecular flexibility index (Phi) is 4.00. The van der Waals surface area contributed by atoms with Gasteiger partial charge < -0.3 is 15.2 Å². The summed E-state index contributed by atoms with van der Waals surface area (Å²) < 4.78 is 4.88. The number of nitrogens with zero attached hydrogens (tertiary/aromatic N) is 2. The van der Waals surface area contributed by atoms with Crippen molar-refractivity contribution in [2.24, 2.45) is 11.7 Å². The van der Waals surface area contributed by atoms with Crippen LogP contribution in [0.5, 0.6) is 0 Å². The van der Waals surface area contributed by atoms with E-state index in [9.17, 15) is 4.79 Å². The Labute approximate surface area is 99.6 Å². The number of carbonyl (C=O) groups excluding carboxylic acids is 1. The van der Waals surface area contributed by atoms with Crippen LogP contribution in [0.3, 0.4) is 0 Å². The summed E-state index contributed by atoms with van der Waals surface area (Å²) in [4.78, 5) is 13.7. The number of rotatable bonds is 4. The maximum absolute atomic E-state index is 11.8. The summed E-state index contributed by atoms with van der Waals surface area (Å²) in [5, 5.41) is 3.66. The van der Waals surface area contributed by atoms with Gasteiger partial charge in [0, 0.05) is 25.6 Å². The minimum atomic E-state index is -0.219. The fourth-order valence-electron chi connectivity index (χ4n) is 1.24. The molecule has 0 radical (unpaired) electrons. The zero-order valence-electron chi connectivity index (χ0n) is 9.56. The smallest absolute Gasteiger partial charge is 0.292 e. The molecule has 0 saturated carbocycles. The van der Waals surface area contributed by atoms with Crippen LogP contribution in [-0.2, 0) is 0 Å². The number of hydrogen-bond acceptors (Lipinski definition) is 4. The molecule has 1 unspecified atom stereocenters. The van der Waals surface area contributed by atoms with Crippen molar-refractivity contribution in [3.8, 4) is 0 Å². The number of hydrogen-bond donors (Lipinski definition) is 1. The average molecular weight is 241 g/mol. The van der Waals surface area contributed by atoms with Crippen LogP contribution in [0.25, 0.3) is 0 Å². The van der Waals surface area contributed by atoms with E-state index >= 15 is 0 Å². The highest BCUT2D eigenvalue weighted by Gasteiger charge is 2.19. The van der Waals surface area contributed by atoms with Crippen molar-refractivity contribution in [3.05, 3.63) is 17.5 Å². The van der Waals surface area contributed by atoms with Gasteiger partial charge in [0.15, 0.2) is 0 Å². The molecule has 16 heavy (non-hydrogen) atoms. The summed E-state index contributed by atoms with van der Waals surface area (Å²) in [5.41, 5.74) is 6.16. The average Bonchev–Trinajstić information content (AvgIpc) is 2.63. The van der Waals surface area contributed by atoms with Gasteiger partial charge >= 0.3 is 0 Å². The molecule has 0 aliphatic rings. The number of nitrogens with two attached hydrogens (primary N) is 1. The summed E-state index contributed by atoms with van der Waals surface area (Å²) in [7, 11) is 1.68. The number of aromatic nitrogens is 1. The van der Waals surface area contributed by atoms with Gasteiger partial charge in [-0.15, -0.1) is 0 Å². The molecule has 88 valence electrons. The van der Waals surface area contributed by atoms with Crippen molar-refractivity contribution < 1.29 is 9.32 Å². The van der Waals surface area contributed by atoms with Gasteiger partial charge in [0.05, 0.1) is 10.7 Å². The molecule has 0 aromatic carbocycles. The Hall–Kier alpha value is -1.43. The van der Waals surface area contributed by atoms with Gasteiger partial charge in [-0.25, -0.2) is 0 Å². The maximum Gasteiger partial charge on any atom is 0.292 e. The summed E-state index contributed by atoms with van der Waals surface area (Å²) in [6, 6.07) is 1.60. The van der Waals surface area contributed by atoms with Crippen molar-refractivity contribution in [1.29, 1.82) is 0 Å². The molecule has 1 atom stereocenters. The van der Waals surface area contributed by atoms with Gasteiger partial charge in [-0.05, 0) is 6.92 Å². The van der Waals surface area contributed by atoms with E-state index in [2.05, 4.69) is 5.16 Å². The number of amides is 1. The lowest BCUT2D eigenvalue weighted by molar-refractivity contribution is 0.0745. The first-order chi connectivity index (χ1) is 7.41. The topological polar surface area (TPSA) is 72.4 Å². The zero-order valence-corrected chi connectivity index (χ0v) is 10.4. The van der Waals surface area contributed by atoms with Gasteiger partial charge in [0.25, 0.3) is 5.91 Å². The van der Waals surface area contributed by atoms with Gasteiger partial charge in [-0.2, -0.15) is 0 Å². The number of aryl methyl sites for hydroxylation is 1. The van der Waals surface area contributed by atoms with Crippen LogP contribution in [0.1, 0.15) is 23.2 Å². The largest absolute Gasteiger partial charge is 0.393 e. The molecule has 0 saturated heterocycles. The molecular weight excluding hydrogens is 226 g/mol. The Morgan fingerprint density at radius 1 is 1.75 bits per heavy atom. The molecule has 1 heterocycles. The highest BCUT2D eigenvalue weighted by molar-refractivity contribution is 7.80. The van der Waals surface area contributed by atoms with Crippen LogP contribution in [0.15, 0.2) is 10.6 Å². The van der Waals surface area contributed by atoms with E-state index in [-0.39, 0.29) is 17.6 Å². The van der Waals surface area contributed by atoms with Gasteiger partial charge in [0.1, 0.15) is 0 Å².